The fraction of sp³-hybridized carbons (Fsp3) is 0.333. The maximum Gasteiger partial charge on any atom is 0.357 e. The lowest BCUT2D eigenvalue weighted by molar-refractivity contribution is 0.0517. The molecule has 0 aliphatic carbocycles. The van der Waals surface area contributed by atoms with Crippen LogP contribution in [0.5, 0.6) is 0 Å². The van der Waals surface area contributed by atoms with E-state index < -0.39 is 34.6 Å². The highest BCUT2D eigenvalue weighted by Crippen LogP contribution is 2.29. The van der Waals surface area contributed by atoms with E-state index in [0.717, 1.165) is 6.07 Å². The molecule has 0 spiro atoms. The number of aromatic nitrogens is 1. The first-order chi connectivity index (χ1) is 7.47. The van der Waals surface area contributed by atoms with Crippen LogP contribution in [0.15, 0.2) is 6.07 Å². The molecule has 7 heteroatoms. The number of rotatable bonds is 3. The summed E-state index contributed by atoms with van der Waals surface area (Å²) in [5, 5.41) is -0.550. The predicted octanol–water partition coefficient (Wildman–Crippen LogP) is 2.99. The maximum atomic E-state index is 13.1. The second kappa shape index (κ2) is 5.16. The minimum atomic E-state index is -3.09. The number of carbonyl (C=O) groups excluding carboxylic acids is 1. The lowest BCUT2D eigenvalue weighted by Crippen LogP contribution is -2.10. The van der Waals surface area contributed by atoms with E-state index >= 15 is 0 Å². The molecule has 1 heterocycles. The van der Waals surface area contributed by atoms with Gasteiger partial charge in [-0.25, -0.2) is 18.6 Å². The van der Waals surface area contributed by atoms with Crippen molar-refractivity contribution in [2.75, 3.05) is 6.61 Å². The Kier molecular flexibility index (Phi) is 4.12. The molecule has 0 bridgehead atoms. The summed E-state index contributed by atoms with van der Waals surface area (Å²) in [6.45, 7) is 1.61. The number of alkyl halides is 2. The van der Waals surface area contributed by atoms with E-state index in [1.54, 1.807) is 6.92 Å². The van der Waals surface area contributed by atoms with Crippen LogP contribution < -0.4 is 0 Å². The Balaban J connectivity index is 3.14. The van der Waals surface area contributed by atoms with Crippen molar-refractivity contribution >= 4 is 17.6 Å². The summed E-state index contributed by atoms with van der Waals surface area (Å²) in [5.74, 6) is -2.38. The molecule has 0 aliphatic rings. The molecular weight excluding hydrogens is 247 g/mol. The first-order valence-corrected chi connectivity index (χ1v) is 4.66. The molecule has 16 heavy (non-hydrogen) atoms. The Labute approximate surface area is 94.2 Å². The fourth-order valence-corrected chi connectivity index (χ4v) is 1.26. The van der Waals surface area contributed by atoms with Gasteiger partial charge in [0.1, 0.15) is 0 Å². The lowest BCUT2D eigenvalue weighted by Gasteiger charge is -2.06. The fourth-order valence-electron chi connectivity index (χ4n) is 0.998. The first-order valence-electron chi connectivity index (χ1n) is 4.28. The summed E-state index contributed by atoms with van der Waals surface area (Å²) in [6, 6.07) is 0.851. The highest BCUT2D eigenvalue weighted by molar-refractivity contribution is 6.31. The van der Waals surface area contributed by atoms with Crippen LogP contribution in [0.1, 0.15) is 29.4 Å². The molecule has 0 fully saturated rings. The molecule has 1 rings (SSSR count). The van der Waals surface area contributed by atoms with Gasteiger partial charge in [0.05, 0.1) is 17.2 Å². The summed E-state index contributed by atoms with van der Waals surface area (Å²) in [7, 11) is 0. The van der Waals surface area contributed by atoms with E-state index in [9.17, 15) is 18.0 Å². The van der Waals surface area contributed by atoms with Crippen LogP contribution in [-0.4, -0.2) is 17.6 Å². The van der Waals surface area contributed by atoms with Crippen LogP contribution in [0.4, 0.5) is 13.2 Å². The topological polar surface area (TPSA) is 39.2 Å². The zero-order valence-electron chi connectivity index (χ0n) is 8.14. The first kappa shape index (κ1) is 12.8. The normalized spacial score (nSPS) is 10.6. The lowest BCUT2D eigenvalue weighted by atomic mass is 10.2. The van der Waals surface area contributed by atoms with Crippen LogP contribution in [0.3, 0.4) is 0 Å². The smallest absolute Gasteiger partial charge is 0.357 e. The van der Waals surface area contributed by atoms with Gasteiger partial charge in [-0.15, -0.1) is 0 Å². The monoisotopic (exact) mass is 253 g/mol. The number of esters is 1. The third-order valence-corrected chi connectivity index (χ3v) is 1.98. The third kappa shape index (κ3) is 2.63. The Bertz CT molecular complexity index is 389. The van der Waals surface area contributed by atoms with Crippen LogP contribution in [0, 0.1) is 5.95 Å². The van der Waals surface area contributed by atoms with Gasteiger partial charge in [0.2, 0.25) is 5.95 Å². The van der Waals surface area contributed by atoms with Crippen molar-refractivity contribution < 1.29 is 22.7 Å². The van der Waals surface area contributed by atoms with E-state index in [-0.39, 0.29) is 6.61 Å². The Morgan fingerprint density at radius 1 is 1.62 bits per heavy atom. The second-order valence-electron chi connectivity index (χ2n) is 2.71. The molecule has 88 valence electrons. The molecule has 0 atom stereocenters. The maximum absolute atomic E-state index is 13.1. The molecule has 0 saturated heterocycles. The molecule has 0 unspecified atom stereocenters. The molecule has 1 aromatic rings. The van der Waals surface area contributed by atoms with Crippen molar-refractivity contribution in [1.82, 2.24) is 4.98 Å². The van der Waals surface area contributed by atoms with Crippen LogP contribution in [-0.2, 0) is 4.74 Å². The van der Waals surface area contributed by atoms with Crippen LogP contribution in [0.2, 0.25) is 5.02 Å². The Morgan fingerprint density at radius 3 is 2.69 bits per heavy atom. The molecule has 0 amide bonds. The average molecular weight is 254 g/mol. The molecular formula is C9H7ClF3NO2. The van der Waals surface area contributed by atoms with Crippen molar-refractivity contribution in [3.05, 3.63) is 28.3 Å². The quantitative estimate of drug-likeness (QED) is 0.614. The van der Waals surface area contributed by atoms with Gasteiger partial charge in [-0.1, -0.05) is 11.6 Å². The van der Waals surface area contributed by atoms with Gasteiger partial charge >= 0.3 is 5.97 Å². The standard InChI is InChI=1S/C9H7ClF3NO2/c1-2-16-9(15)5-3-4(10)6(7(11)12)8(13)14-5/h3,7H,2H2,1H3. The largest absolute Gasteiger partial charge is 0.461 e. The van der Waals surface area contributed by atoms with Crippen molar-refractivity contribution in [2.24, 2.45) is 0 Å². The SMILES string of the molecule is CCOC(=O)c1cc(Cl)c(C(F)F)c(F)n1. The van der Waals surface area contributed by atoms with E-state index in [0.29, 0.717) is 0 Å². The molecule has 3 nitrogen and oxygen atoms in total. The van der Waals surface area contributed by atoms with E-state index in [1.807, 2.05) is 0 Å². The highest BCUT2D eigenvalue weighted by Gasteiger charge is 2.22. The summed E-state index contributed by atoms with van der Waals surface area (Å²) >= 11 is 5.41. The van der Waals surface area contributed by atoms with Crippen LogP contribution >= 0.6 is 11.6 Å². The van der Waals surface area contributed by atoms with Gasteiger partial charge in [-0.05, 0) is 13.0 Å². The summed E-state index contributed by atoms with van der Waals surface area (Å²) in [4.78, 5) is 14.2. The summed E-state index contributed by atoms with van der Waals surface area (Å²) in [6.07, 6.45) is -3.09. The highest BCUT2D eigenvalue weighted by atomic mass is 35.5. The zero-order chi connectivity index (χ0) is 12.3. The number of nitrogens with zero attached hydrogens (tertiary/aromatic N) is 1. The number of halogens is 4. The van der Waals surface area contributed by atoms with Gasteiger partial charge < -0.3 is 4.74 Å². The Hall–Kier alpha value is -1.30. The Morgan fingerprint density at radius 2 is 2.25 bits per heavy atom. The second-order valence-corrected chi connectivity index (χ2v) is 3.12. The molecule has 0 N–H and O–H groups in total. The number of hydrogen-bond acceptors (Lipinski definition) is 3. The van der Waals surface area contributed by atoms with E-state index in [2.05, 4.69) is 9.72 Å². The molecule has 0 radical (unpaired) electrons. The van der Waals surface area contributed by atoms with Crippen molar-refractivity contribution in [1.29, 1.82) is 0 Å². The van der Waals surface area contributed by atoms with Gasteiger partial charge in [-0.2, -0.15) is 4.39 Å². The van der Waals surface area contributed by atoms with E-state index in [4.69, 9.17) is 11.6 Å². The zero-order valence-corrected chi connectivity index (χ0v) is 8.89. The predicted molar refractivity (Wildman–Crippen MR) is 50.1 cm³/mol. The third-order valence-electron chi connectivity index (χ3n) is 1.66. The van der Waals surface area contributed by atoms with E-state index in [1.165, 1.54) is 0 Å². The van der Waals surface area contributed by atoms with Gasteiger partial charge in [0.15, 0.2) is 5.69 Å². The van der Waals surface area contributed by atoms with Gasteiger partial charge in [0, 0.05) is 0 Å². The van der Waals surface area contributed by atoms with Crippen molar-refractivity contribution in [3.63, 3.8) is 0 Å². The average Bonchev–Trinajstić information content (AvgIpc) is 2.16. The van der Waals surface area contributed by atoms with Crippen molar-refractivity contribution in [2.45, 2.75) is 13.3 Å². The molecule has 1 aromatic heterocycles. The number of carbonyl (C=O) groups is 1. The van der Waals surface area contributed by atoms with Crippen LogP contribution in [0.25, 0.3) is 0 Å². The minimum absolute atomic E-state index is 0.0658. The summed E-state index contributed by atoms with van der Waals surface area (Å²) in [5.41, 5.74) is -1.46. The minimum Gasteiger partial charge on any atom is -0.461 e. The number of ether oxygens (including phenoxy) is 1. The summed E-state index contributed by atoms with van der Waals surface area (Å²) < 4.78 is 42.2. The van der Waals surface area contributed by atoms with Gasteiger partial charge in [0.25, 0.3) is 6.43 Å². The molecule has 0 aromatic carbocycles. The number of pyridine rings is 1. The number of hydrogen-bond donors (Lipinski definition) is 0. The molecule has 0 aliphatic heterocycles. The van der Waals surface area contributed by atoms with Crippen molar-refractivity contribution in [3.8, 4) is 0 Å². The molecule has 0 saturated carbocycles. The van der Waals surface area contributed by atoms with Gasteiger partial charge in [-0.3, -0.25) is 0 Å².